The van der Waals surface area contributed by atoms with Gasteiger partial charge in [0.15, 0.2) is 0 Å². The van der Waals surface area contributed by atoms with E-state index in [9.17, 15) is 4.79 Å². The van der Waals surface area contributed by atoms with E-state index in [4.69, 9.17) is 4.74 Å². The van der Waals surface area contributed by atoms with Gasteiger partial charge in [-0.25, -0.2) is 0 Å². The number of rotatable bonds is 4. The highest BCUT2D eigenvalue weighted by molar-refractivity contribution is 5.94. The maximum Gasteiger partial charge on any atom is 0.253 e. The van der Waals surface area contributed by atoms with Crippen LogP contribution in [0.2, 0.25) is 0 Å². The number of ether oxygens (including phenoxy) is 1. The first-order valence-electron chi connectivity index (χ1n) is 11.1. The van der Waals surface area contributed by atoms with Crippen molar-refractivity contribution in [3.8, 4) is 5.69 Å². The van der Waals surface area contributed by atoms with Crippen LogP contribution in [0.4, 0.5) is 0 Å². The van der Waals surface area contributed by atoms with E-state index in [1.54, 1.807) is 0 Å². The minimum atomic E-state index is -0.122. The number of carbonyl (C=O) groups is 1. The summed E-state index contributed by atoms with van der Waals surface area (Å²) in [5.74, 6) is 0.749. The van der Waals surface area contributed by atoms with Crippen molar-refractivity contribution >= 4 is 5.91 Å². The topological polar surface area (TPSA) is 37.7 Å². The van der Waals surface area contributed by atoms with Crippen molar-refractivity contribution in [2.24, 2.45) is 5.92 Å². The van der Waals surface area contributed by atoms with Crippen molar-refractivity contribution < 1.29 is 9.53 Å². The number of piperidine rings is 1. The predicted molar refractivity (Wildman–Crippen MR) is 113 cm³/mol. The highest BCUT2D eigenvalue weighted by atomic mass is 16.5. The van der Waals surface area contributed by atoms with Crippen LogP contribution in [-0.4, -0.2) is 65.2 Å². The lowest BCUT2D eigenvalue weighted by Gasteiger charge is -2.40. The molecule has 0 aliphatic carbocycles. The van der Waals surface area contributed by atoms with Gasteiger partial charge in [-0.15, -0.1) is 0 Å². The maximum atomic E-state index is 13.2. The first-order valence-corrected chi connectivity index (χ1v) is 11.1. The number of aromatic nitrogens is 1. The van der Waals surface area contributed by atoms with Gasteiger partial charge in [-0.2, -0.15) is 0 Å². The van der Waals surface area contributed by atoms with Gasteiger partial charge in [0, 0.05) is 43.3 Å². The Balaban J connectivity index is 1.23. The largest absolute Gasteiger partial charge is 0.373 e. The molecule has 154 valence electrons. The summed E-state index contributed by atoms with van der Waals surface area (Å²) in [7, 11) is 0. The van der Waals surface area contributed by atoms with Gasteiger partial charge >= 0.3 is 0 Å². The Kier molecular flexibility index (Phi) is 5.18. The Morgan fingerprint density at radius 1 is 1.03 bits per heavy atom. The van der Waals surface area contributed by atoms with Crippen LogP contribution < -0.4 is 0 Å². The van der Waals surface area contributed by atoms with Gasteiger partial charge in [0.25, 0.3) is 5.91 Å². The summed E-state index contributed by atoms with van der Waals surface area (Å²) in [5, 5.41) is 0. The SMILES string of the molecule is O=C(c1ccc(-n2cccc2)cc1)N1CCC[C@]2(C[C@H](CN3CCCC3)CO2)C1. The molecule has 5 rings (SSSR count). The maximum absolute atomic E-state index is 13.2. The second-order valence-corrected chi connectivity index (χ2v) is 9.04. The number of amides is 1. The standard InChI is InChI=1S/C24H31N3O2/c28-23(21-6-8-22(9-7-21)26-13-3-4-14-26)27-15-5-10-24(19-27)16-20(18-29-24)17-25-11-1-2-12-25/h3-4,6-9,13-14,20H,1-2,5,10-12,15-19H2/t20-,24+/m1/s1. The third kappa shape index (κ3) is 3.99. The highest BCUT2D eigenvalue weighted by Crippen LogP contribution is 2.38. The molecule has 1 amide bonds. The summed E-state index contributed by atoms with van der Waals surface area (Å²) in [4.78, 5) is 17.8. The van der Waals surface area contributed by atoms with Crippen LogP contribution in [0.1, 0.15) is 42.5 Å². The lowest BCUT2D eigenvalue weighted by Crippen LogP contribution is -2.50. The predicted octanol–water partition coefficient (Wildman–Crippen LogP) is 3.58. The summed E-state index contributed by atoms with van der Waals surface area (Å²) in [6.45, 7) is 6.07. The van der Waals surface area contributed by atoms with E-state index in [1.807, 2.05) is 53.7 Å². The summed E-state index contributed by atoms with van der Waals surface area (Å²) in [5.41, 5.74) is 1.72. The third-order valence-electron chi connectivity index (χ3n) is 6.84. The highest BCUT2D eigenvalue weighted by Gasteiger charge is 2.44. The molecule has 3 fully saturated rings. The normalized spacial score (nSPS) is 27.7. The van der Waals surface area contributed by atoms with Gasteiger partial charge < -0.3 is 19.1 Å². The van der Waals surface area contributed by atoms with Gasteiger partial charge in [0.2, 0.25) is 0 Å². The molecule has 4 heterocycles. The number of carbonyl (C=O) groups excluding carboxylic acids is 1. The third-order valence-corrected chi connectivity index (χ3v) is 6.84. The molecule has 3 saturated heterocycles. The van der Waals surface area contributed by atoms with E-state index in [0.29, 0.717) is 5.92 Å². The first kappa shape index (κ1) is 18.9. The fraction of sp³-hybridized carbons (Fsp3) is 0.542. The van der Waals surface area contributed by atoms with Crippen LogP contribution in [0.3, 0.4) is 0 Å². The average molecular weight is 394 g/mol. The molecule has 0 N–H and O–H groups in total. The molecule has 2 aromatic rings. The van der Waals surface area contributed by atoms with E-state index >= 15 is 0 Å². The zero-order valence-corrected chi connectivity index (χ0v) is 17.1. The summed E-state index contributed by atoms with van der Waals surface area (Å²) in [6.07, 6.45) is 9.92. The zero-order chi connectivity index (χ0) is 19.7. The molecule has 1 aromatic carbocycles. The average Bonchev–Trinajstić information content (AvgIpc) is 3.51. The van der Waals surface area contributed by atoms with Gasteiger partial charge in [-0.1, -0.05) is 0 Å². The molecule has 5 nitrogen and oxygen atoms in total. The van der Waals surface area contributed by atoms with Crippen molar-refractivity contribution in [3.63, 3.8) is 0 Å². The van der Waals surface area contributed by atoms with Crippen molar-refractivity contribution in [3.05, 3.63) is 54.4 Å². The molecule has 0 radical (unpaired) electrons. The summed E-state index contributed by atoms with van der Waals surface area (Å²) >= 11 is 0. The van der Waals surface area contributed by atoms with Gasteiger partial charge in [0.1, 0.15) is 0 Å². The first-order chi connectivity index (χ1) is 14.2. The molecule has 1 spiro atoms. The lowest BCUT2D eigenvalue weighted by molar-refractivity contribution is -0.0450. The van der Waals surface area contributed by atoms with Gasteiger partial charge in [0.05, 0.1) is 12.2 Å². The zero-order valence-electron chi connectivity index (χ0n) is 17.1. The van der Waals surface area contributed by atoms with Crippen molar-refractivity contribution in [1.29, 1.82) is 0 Å². The minimum absolute atomic E-state index is 0.122. The van der Waals surface area contributed by atoms with E-state index in [-0.39, 0.29) is 11.5 Å². The van der Waals surface area contributed by atoms with Gasteiger partial charge in [-0.05, 0) is 87.5 Å². The molecular weight excluding hydrogens is 362 g/mol. The van der Waals surface area contributed by atoms with E-state index in [1.165, 1.54) is 25.9 Å². The molecule has 29 heavy (non-hydrogen) atoms. The van der Waals surface area contributed by atoms with Crippen molar-refractivity contribution in [1.82, 2.24) is 14.4 Å². The molecule has 5 heteroatoms. The second kappa shape index (κ2) is 7.96. The number of hydrogen-bond acceptors (Lipinski definition) is 3. The lowest BCUT2D eigenvalue weighted by atomic mass is 9.86. The fourth-order valence-corrected chi connectivity index (χ4v) is 5.41. The van der Waals surface area contributed by atoms with Crippen LogP contribution in [-0.2, 0) is 4.74 Å². The summed E-state index contributed by atoms with van der Waals surface area (Å²) in [6, 6.07) is 11.9. The Morgan fingerprint density at radius 2 is 1.79 bits per heavy atom. The number of nitrogens with zero attached hydrogens (tertiary/aromatic N) is 3. The van der Waals surface area contributed by atoms with Crippen molar-refractivity contribution in [2.45, 2.75) is 37.7 Å². The Hall–Kier alpha value is -2.11. The van der Waals surface area contributed by atoms with Gasteiger partial charge in [-0.3, -0.25) is 4.79 Å². The Morgan fingerprint density at radius 3 is 2.55 bits per heavy atom. The number of hydrogen-bond donors (Lipinski definition) is 0. The summed E-state index contributed by atoms with van der Waals surface area (Å²) < 4.78 is 8.42. The van der Waals surface area contributed by atoms with Crippen LogP contribution in [0.25, 0.3) is 5.69 Å². The van der Waals surface area contributed by atoms with E-state index in [0.717, 1.165) is 56.8 Å². The van der Waals surface area contributed by atoms with E-state index in [2.05, 4.69) is 9.47 Å². The quantitative estimate of drug-likeness (QED) is 0.797. The molecule has 0 bridgehead atoms. The molecule has 3 aliphatic rings. The number of benzene rings is 1. The Bertz CT molecular complexity index is 826. The molecule has 0 unspecified atom stereocenters. The second-order valence-electron chi connectivity index (χ2n) is 9.04. The van der Waals surface area contributed by atoms with Crippen LogP contribution in [0.5, 0.6) is 0 Å². The minimum Gasteiger partial charge on any atom is -0.373 e. The monoisotopic (exact) mass is 393 g/mol. The molecule has 3 aliphatic heterocycles. The molecule has 1 aromatic heterocycles. The van der Waals surface area contributed by atoms with Crippen LogP contribution >= 0.6 is 0 Å². The molecule has 2 atom stereocenters. The van der Waals surface area contributed by atoms with E-state index < -0.39 is 0 Å². The fourth-order valence-electron chi connectivity index (χ4n) is 5.41. The smallest absolute Gasteiger partial charge is 0.253 e. The molecular formula is C24H31N3O2. The number of likely N-dealkylation sites (tertiary alicyclic amines) is 2. The van der Waals surface area contributed by atoms with Crippen LogP contribution in [0, 0.1) is 5.92 Å². The Labute approximate surface area is 173 Å². The molecule has 0 saturated carbocycles. The van der Waals surface area contributed by atoms with Crippen molar-refractivity contribution in [2.75, 3.05) is 39.3 Å². The van der Waals surface area contributed by atoms with Crippen LogP contribution in [0.15, 0.2) is 48.8 Å².